The summed E-state index contributed by atoms with van der Waals surface area (Å²) in [5.41, 5.74) is 0. The number of carbonyl (C=O) groups is 6. The molecule has 0 aliphatic carbocycles. The Labute approximate surface area is 569 Å². The minimum atomic E-state index is -5.57. The van der Waals surface area contributed by atoms with Crippen LogP contribution in [0.5, 0.6) is 0 Å². The average molecular weight is 1380 g/mol. The van der Waals surface area contributed by atoms with Crippen molar-refractivity contribution in [2.75, 3.05) is 13.3 Å². The van der Waals surface area contributed by atoms with E-state index in [1.54, 1.807) is 0 Å². The zero-order chi connectivity index (χ0) is 70.1. The maximum absolute atomic E-state index is 15.3. The van der Waals surface area contributed by atoms with Crippen LogP contribution < -0.4 is 10.6 Å². The number of rotatable bonds is 60. The fourth-order valence-electron chi connectivity index (χ4n) is 12.7. The maximum Gasteiger partial charge on any atom is 0.470 e. The van der Waals surface area contributed by atoms with Gasteiger partial charge in [-0.25, -0.2) is 13.8 Å². The summed E-state index contributed by atoms with van der Waals surface area (Å²) in [7, 11) is -5.57. The summed E-state index contributed by atoms with van der Waals surface area (Å²) < 4.78 is 68.3. The van der Waals surface area contributed by atoms with Crippen molar-refractivity contribution < 1.29 is 101 Å². The van der Waals surface area contributed by atoms with Gasteiger partial charge < -0.3 is 69.3 Å². The first-order valence-corrected chi connectivity index (χ1v) is 38.8. The first kappa shape index (κ1) is 87.7. The summed E-state index contributed by atoms with van der Waals surface area (Å²) in [6.45, 7) is 7.28. The van der Waals surface area contributed by atoms with Gasteiger partial charge in [0.1, 0.15) is 49.3 Å². The molecule has 2 aliphatic rings. The lowest BCUT2D eigenvalue weighted by molar-refractivity contribution is -0.283. The van der Waals surface area contributed by atoms with E-state index in [9.17, 15) is 63.5 Å². The molecule has 13 atom stereocenters. The molecule has 22 nitrogen and oxygen atoms in total. The van der Waals surface area contributed by atoms with Crippen LogP contribution in [0.15, 0.2) is 0 Å². The third-order valence-electron chi connectivity index (χ3n) is 18.1. The molecule has 2 amide bonds. The molecule has 0 aromatic heterocycles. The van der Waals surface area contributed by atoms with Crippen molar-refractivity contribution in [3.63, 3.8) is 0 Å². The van der Waals surface area contributed by atoms with Gasteiger partial charge in [0.2, 0.25) is 11.8 Å². The Morgan fingerprint density at radius 3 is 1.34 bits per heavy atom. The van der Waals surface area contributed by atoms with E-state index in [0.29, 0.717) is 25.7 Å². The SMILES string of the molecule is CCCCCCCCCCCCCC(=O)O[C@H](CCCCCCCCCCC)CC(=O)O[C@@H]1[C@@H](NC(C)=O)[C@H](OC[C@H]2O[C@H](C(=O)O)[C@H](NC(=O)C[C@H](O)CCCCCCCCCCC)[C@@H](OC(=O)C[C@H](O)CCCCCCCCCCC)[C@@H]2O)O[C@H](CF)[C@H]1OP(=O)(O)O. The molecule has 0 spiro atoms. The Kier molecular flexibility index (Phi) is 50.3. The van der Waals surface area contributed by atoms with Crippen LogP contribution in [0.4, 0.5) is 4.39 Å². The molecule has 0 bridgehead atoms. The summed E-state index contributed by atoms with van der Waals surface area (Å²) in [4.78, 5) is 101. The van der Waals surface area contributed by atoms with Gasteiger partial charge in [0.15, 0.2) is 24.6 Å². The number of aliphatic hydroxyl groups excluding tert-OH is 3. The number of aliphatic hydroxyl groups is 3. The Bertz CT molecular complexity index is 2080. The zero-order valence-corrected chi connectivity index (χ0v) is 59.9. The van der Waals surface area contributed by atoms with Crippen LogP contribution >= 0.6 is 7.82 Å². The van der Waals surface area contributed by atoms with E-state index in [-0.39, 0.29) is 25.7 Å². The van der Waals surface area contributed by atoms with E-state index in [1.165, 1.54) is 70.6 Å². The first-order valence-electron chi connectivity index (χ1n) is 37.3. The van der Waals surface area contributed by atoms with E-state index < -0.39 is 155 Å². The highest BCUT2D eigenvalue weighted by Crippen LogP contribution is 2.43. The number of phosphoric acid groups is 1. The van der Waals surface area contributed by atoms with Crippen LogP contribution in [-0.2, 0) is 66.3 Å². The number of unbranched alkanes of at least 4 members (excludes halogenated alkanes) is 34. The van der Waals surface area contributed by atoms with Crippen LogP contribution in [0.3, 0.4) is 0 Å². The number of nitrogens with one attached hydrogen (secondary N) is 2. The van der Waals surface area contributed by atoms with Gasteiger partial charge in [-0.3, -0.25) is 28.5 Å². The smallest absolute Gasteiger partial charge is 0.470 e. The number of carbonyl (C=O) groups excluding carboxylic acids is 5. The van der Waals surface area contributed by atoms with Crippen molar-refractivity contribution >= 4 is 43.5 Å². The molecule has 2 saturated heterocycles. The van der Waals surface area contributed by atoms with Gasteiger partial charge >= 0.3 is 31.7 Å². The van der Waals surface area contributed by atoms with Crippen molar-refractivity contribution in [3.8, 4) is 0 Å². The molecule has 2 heterocycles. The number of hydrogen-bond acceptors (Lipinski definition) is 17. The summed E-state index contributed by atoms with van der Waals surface area (Å²) in [5.74, 6) is -5.99. The normalized spacial score (nSPS) is 22.3. The summed E-state index contributed by atoms with van der Waals surface area (Å²) in [6.07, 6.45) is 19.6. The Morgan fingerprint density at radius 1 is 0.495 bits per heavy atom. The summed E-state index contributed by atoms with van der Waals surface area (Å²) >= 11 is 0. The van der Waals surface area contributed by atoms with Crippen LogP contribution in [-0.4, -0.2) is 159 Å². The van der Waals surface area contributed by atoms with Crippen LogP contribution in [0.1, 0.15) is 324 Å². The van der Waals surface area contributed by atoms with Crippen molar-refractivity contribution in [2.24, 2.45) is 0 Å². The molecule has 0 radical (unpaired) electrons. The second kappa shape index (κ2) is 54.4. The number of phosphoric ester groups is 1. The molecule has 0 unspecified atom stereocenters. The standard InChI is InChI=1S/C71H130FN2O20P/c1-6-10-14-18-22-26-27-31-35-39-43-47-60(79)89-56(46-42-38-34-30-25-21-17-13-9-4)50-62(81)93-68-64(73-53(5)75)71(91-57(51-72)66(68)94-95(85,86)87)88-52-58-65(82)67(92-61(80)49-55(77)45-41-37-33-29-24-20-16-12-8-3)63(69(90-58)70(83)84)74-59(78)48-54(76)44-40-36-32-28-23-19-15-11-7-2/h54-58,63-69,71,76-77,82H,6-52H2,1-5H3,(H,73,75)(H,74,78)(H,83,84)(H2,85,86,87)/t54-,55-,56-,57-,58-,63-,64-,65-,66-,67-,68-,69+,71-/m1/s1. The van der Waals surface area contributed by atoms with Crippen LogP contribution in [0.2, 0.25) is 0 Å². The number of halogens is 1. The van der Waals surface area contributed by atoms with Gasteiger partial charge in [0.25, 0.3) is 0 Å². The number of amides is 2. The Hall–Kier alpha value is -3.38. The fourth-order valence-corrected chi connectivity index (χ4v) is 13.2. The van der Waals surface area contributed by atoms with E-state index in [4.69, 9.17) is 32.9 Å². The predicted octanol–water partition coefficient (Wildman–Crippen LogP) is 13.5. The molecule has 0 aromatic rings. The summed E-state index contributed by atoms with van der Waals surface area (Å²) in [6, 6.07) is -3.55. The minimum Gasteiger partial charge on any atom is -0.479 e. The topological polar surface area (TPSA) is 330 Å². The highest BCUT2D eigenvalue weighted by Gasteiger charge is 2.55. The largest absolute Gasteiger partial charge is 0.479 e. The summed E-state index contributed by atoms with van der Waals surface area (Å²) in [5, 5.41) is 49.6. The maximum atomic E-state index is 15.3. The molecule has 2 aliphatic heterocycles. The molecule has 2 fully saturated rings. The molecule has 0 saturated carbocycles. The molecule has 0 aromatic carbocycles. The molecule has 2 rings (SSSR count). The van der Waals surface area contributed by atoms with Gasteiger partial charge in [-0.05, 0) is 32.1 Å². The molecule has 556 valence electrons. The van der Waals surface area contributed by atoms with E-state index in [0.717, 1.165) is 155 Å². The number of esters is 3. The lowest BCUT2D eigenvalue weighted by Gasteiger charge is -2.46. The minimum absolute atomic E-state index is 0.109. The fraction of sp³-hybridized carbons (Fsp3) is 0.915. The molecular formula is C71H130FN2O20P. The molecule has 24 heteroatoms. The van der Waals surface area contributed by atoms with Gasteiger partial charge in [-0.2, -0.15) is 0 Å². The molecule has 95 heavy (non-hydrogen) atoms. The number of alkyl halides is 1. The Morgan fingerprint density at radius 2 is 0.905 bits per heavy atom. The lowest BCUT2D eigenvalue weighted by Crippen LogP contribution is -2.68. The van der Waals surface area contributed by atoms with Crippen molar-refractivity contribution in [2.45, 2.75) is 403 Å². The number of hydrogen-bond donors (Lipinski definition) is 8. The number of aliphatic carboxylic acids is 1. The number of carboxylic acid groups (broad SMARTS) is 1. The average Bonchev–Trinajstić information content (AvgIpc) is 0.788. The van der Waals surface area contributed by atoms with Crippen molar-refractivity contribution in [3.05, 3.63) is 0 Å². The third kappa shape index (κ3) is 41.7. The second-order valence-corrected chi connectivity index (χ2v) is 28.1. The highest BCUT2D eigenvalue weighted by atomic mass is 31.2. The van der Waals surface area contributed by atoms with Gasteiger partial charge in [-0.1, -0.05) is 259 Å². The van der Waals surface area contributed by atoms with Crippen molar-refractivity contribution in [1.82, 2.24) is 10.6 Å². The zero-order valence-electron chi connectivity index (χ0n) is 59.0. The van der Waals surface area contributed by atoms with Crippen molar-refractivity contribution in [1.29, 1.82) is 0 Å². The number of carboxylic acids is 1. The van der Waals surface area contributed by atoms with Gasteiger partial charge in [0.05, 0.1) is 38.1 Å². The van der Waals surface area contributed by atoms with Crippen LogP contribution in [0.25, 0.3) is 0 Å². The number of ether oxygens (including phenoxy) is 6. The lowest BCUT2D eigenvalue weighted by atomic mass is 9.91. The highest BCUT2D eigenvalue weighted by molar-refractivity contribution is 7.46. The second-order valence-electron chi connectivity index (χ2n) is 26.9. The van der Waals surface area contributed by atoms with Gasteiger partial charge in [-0.15, -0.1) is 0 Å². The van der Waals surface area contributed by atoms with E-state index in [1.807, 2.05) is 0 Å². The predicted molar refractivity (Wildman–Crippen MR) is 361 cm³/mol. The monoisotopic (exact) mass is 1380 g/mol. The van der Waals surface area contributed by atoms with E-state index >= 15 is 4.39 Å². The van der Waals surface area contributed by atoms with Crippen LogP contribution in [0, 0.1) is 0 Å². The first-order chi connectivity index (χ1) is 45.7. The van der Waals surface area contributed by atoms with E-state index in [2.05, 4.69) is 38.3 Å². The molecule has 8 N–H and O–H groups in total. The van der Waals surface area contributed by atoms with Gasteiger partial charge in [0, 0.05) is 13.3 Å². The quantitative estimate of drug-likeness (QED) is 0.0121. The third-order valence-corrected chi connectivity index (χ3v) is 18.6. The molecular weight excluding hydrogens is 1250 g/mol. The Balaban J connectivity index is 2.42.